The first-order valence-electron chi connectivity index (χ1n) is 7.95. The first-order valence-corrected chi connectivity index (χ1v) is 7.95. The lowest BCUT2D eigenvalue weighted by Gasteiger charge is -2.36. The Morgan fingerprint density at radius 2 is 2.17 bits per heavy atom. The van der Waals surface area contributed by atoms with E-state index in [9.17, 15) is 4.79 Å². The molecule has 1 saturated heterocycles. The van der Waals surface area contributed by atoms with Crippen molar-refractivity contribution in [2.45, 2.75) is 6.04 Å². The van der Waals surface area contributed by atoms with Gasteiger partial charge in [0.2, 0.25) is 11.9 Å². The third-order valence-electron chi connectivity index (χ3n) is 3.85. The van der Waals surface area contributed by atoms with E-state index in [0.29, 0.717) is 32.2 Å². The van der Waals surface area contributed by atoms with Crippen molar-refractivity contribution in [2.75, 3.05) is 43.6 Å². The highest BCUT2D eigenvalue weighted by molar-refractivity contribution is 5.87. The molecule has 1 aliphatic heterocycles. The first-order chi connectivity index (χ1) is 11.8. The van der Waals surface area contributed by atoms with Gasteiger partial charge in [-0.3, -0.25) is 4.79 Å². The van der Waals surface area contributed by atoms with Gasteiger partial charge in [0.15, 0.2) is 0 Å². The van der Waals surface area contributed by atoms with Gasteiger partial charge in [0, 0.05) is 32.9 Å². The van der Waals surface area contributed by atoms with Crippen molar-refractivity contribution in [3.8, 4) is 0 Å². The SMILES string of the molecule is COCCNc1nccc(N2CCNC(=O)C2c2ccccc2)n1. The van der Waals surface area contributed by atoms with E-state index in [0.717, 1.165) is 11.4 Å². The molecule has 1 aliphatic rings. The molecule has 3 rings (SSSR count). The molecular formula is C17H21N5O2. The number of hydrogen-bond acceptors (Lipinski definition) is 6. The molecule has 0 aliphatic carbocycles. The number of nitrogens with zero attached hydrogens (tertiary/aromatic N) is 3. The van der Waals surface area contributed by atoms with Gasteiger partial charge in [0.1, 0.15) is 11.9 Å². The smallest absolute Gasteiger partial charge is 0.247 e. The average Bonchev–Trinajstić information content (AvgIpc) is 2.63. The Balaban J connectivity index is 1.85. The molecule has 0 spiro atoms. The lowest BCUT2D eigenvalue weighted by Crippen LogP contribution is -2.50. The Bertz CT molecular complexity index is 680. The molecule has 1 aromatic heterocycles. The number of nitrogens with one attached hydrogen (secondary N) is 2. The van der Waals surface area contributed by atoms with Crippen LogP contribution < -0.4 is 15.5 Å². The molecule has 7 heteroatoms. The van der Waals surface area contributed by atoms with Crippen LogP contribution in [-0.4, -0.2) is 49.2 Å². The van der Waals surface area contributed by atoms with Gasteiger partial charge in [-0.2, -0.15) is 4.98 Å². The van der Waals surface area contributed by atoms with Crippen molar-refractivity contribution >= 4 is 17.7 Å². The summed E-state index contributed by atoms with van der Waals surface area (Å²) in [6.07, 6.45) is 1.70. The minimum atomic E-state index is -0.387. The summed E-state index contributed by atoms with van der Waals surface area (Å²) in [4.78, 5) is 23.2. The van der Waals surface area contributed by atoms with Gasteiger partial charge < -0.3 is 20.3 Å². The quantitative estimate of drug-likeness (QED) is 0.777. The van der Waals surface area contributed by atoms with E-state index in [1.165, 1.54) is 0 Å². The molecule has 1 amide bonds. The predicted octanol–water partition coefficient (Wildman–Crippen LogP) is 1.21. The van der Waals surface area contributed by atoms with Crippen LogP contribution in [0.3, 0.4) is 0 Å². The Kier molecular flexibility index (Phi) is 5.22. The zero-order valence-corrected chi connectivity index (χ0v) is 13.6. The van der Waals surface area contributed by atoms with Gasteiger partial charge in [0.05, 0.1) is 6.61 Å². The molecule has 0 saturated carbocycles. The van der Waals surface area contributed by atoms with Gasteiger partial charge in [-0.05, 0) is 11.6 Å². The number of carbonyl (C=O) groups excluding carboxylic acids is 1. The zero-order valence-electron chi connectivity index (χ0n) is 13.6. The van der Waals surface area contributed by atoms with Crippen LogP contribution in [0.15, 0.2) is 42.6 Å². The van der Waals surface area contributed by atoms with E-state index in [2.05, 4.69) is 20.6 Å². The van der Waals surface area contributed by atoms with Crippen molar-refractivity contribution in [1.29, 1.82) is 0 Å². The van der Waals surface area contributed by atoms with E-state index in [-0.39, 0.29) is 11.9 Å². The highest BCUT2D eigenvalue weighted by Gasteiger charge is 2.32. The van der Waals surface area contributed by atoms with Crippen LogP contribution in [0.4, 0.5) is 11.8 Å². The number of methoxy groups -OCH3 is 1. The largest absolute Gasteiger partial charge is 0.383 e. The predicted molar refractivity (Wildman–Crippen MR) is 91.9 cm³/mol. The maximum atomic E-state index is 12.4. The number of amides is 1. The van der Waals surface area contributed by atoms with Crippen LogP contribution in [0, 0.1) is 0 Å². The average molecular weight is 327 g/mol. The second kappa shape index (κ2) is 7.74. The van der Waals surface area contributed by atoms with Crippen LogP contribution in [-0.2, 0) is 9.53 Å². The fraction of sp³-hybridized carbons (Fsp3) is 0.353. The van der Waals surface area contributed by atoms with E-state index in [4.69, 9.17) is 4.74 Å². The highest BCUT2D eigenvalue weighted by atomic mass is 16.5. The number of rotatable bonds is 6. The second-order valence-electron chi connectivity index (χ2n) is 5.46. The topological polar surface area (TPSA) is 79.4 Å². The molecule has 1 unspecified atom stereocenters. The fourth-order valence-corrected chi connectivity index (χ4v) is 2.74. The summed E-state index contributed by atoms with van der Waals surface area (Å²) in [6.45, 7) is 2.49. The molecule has 0 radical (unpaired) electrons. The lowest BCUT2D eigenvalue weighted by atomic mass is 10.0. The van der Waals surface area contributed by atoms with Gasteiger partial charge in [-0.15, -0.1) is 0 Å². The molecule has 1 atom stereocenters. The Morgan fingerprint density at radius 1 is 1.33 bits per heavy atom. The van der Waals surface area contributed by atoms with Crippen molar-refractivity contribution in [3.05, 3.63) is 48.2 Å². The molecule has 0 bridgehead atoms. The maximum absolute atomic E-state index is 12.4. The van der Waals surface area contributed by atoms with Crippen LogP contribution in [0.1, 0.15) is 11.6 Å². The maximum Gasteiger partial charge on any atom is 0.247 e. The molecule has 2 heterocycles. The molecule has 1 aromatic carbocycles. The number of carbonyl (C=O) groups is 1. The summed E-state index contributed by atoms with van der Waals surface area (Å²) in [5.41, 5.74) is 0.946. The number of anilines is 2. The summed E-state index contributed by atoms with van der Waals surface area (Å²) in [7, 11) is 1.65. The van der Waals surface area contributed by atoms with Gasteiger partial charge in [-0.1, -0.05) is 30.3 Å². The minimum Gasteiger partial charge on any atom is -0.383 e. The van der Waals surface area contributed by atoms with Crippen molar-refractivity contribution < 1.29 is 9.53 Å². The zero-order chi connectivity index (χ0) is 16.8. The van der Waals surface area contributed by atoms with E-state index in [1.807, 2.05) is 41.3 Å². The Labute approximate surface area is 141 Å². The molecule has 2 aromatic rings. The second-order valence-corrected chi connectivity index (χ2v) is 5.46. The number of ether oxygens (including phenoxy) is 1. The highest BCUT2D eigenvalue weighted by Crippen LogP contribution is 2.28. The summed E-state index contributed by atoms with van der Waals surface area (Å²) in [5.74, 6) is 1.25. The number of piperazine rings is 1. The third kappa shape index (κ3) is 3.62. The summed E-state index contributed by atoms with van der Waals surface area (Å²) in [5, 5.41) is 6.05. The summed E-state index contributed by atoms with van der Waals surface area (Å²) in [6, 6.07) is 11.2. The minimum absolute atomic E-state index is 0.0139. The van der Waals surface area contributed by atoms with E-state index >= 15 is 0 Å². The lowest BCUT2D eigenvalue weighted by molar-refractivity contribution is -0.123. The van der Waals surface area contributed by atoms with Crippen LogP contribution in [0.2, 0.25) is 0 Å². The number of hydrogen-bond donors (Lipinski definition) is 2. The van der Waals surface area contributed by atoms with Crippen molar-refractivity contribution in [1.82, 2.24) is 15.3 Å². The third-order valence-corrected chi connectivity index (χ3v) is 3.85. The van der Waals surface area contributed by atoms with Crippen LogP contribution in [0.5, 0.6) is 0 Å². The summed E-state index contributed by atoms with van der Waals surface area (Å²) < 4.78 is 5.02. The molecular weight excluding hydrogens is 306 g/mol. The standard InChI is InChI=1S/C17H21N5O2/c1-24-12-10-20-17-19-8-7-14(21-17)22-11-9-18-16(23)15(22)13-5-3-2-4-6-13/h2-8,15H,9-12H2,1H3,(H,18,23)(H,19,20,21). The normalized spacial score (nSPS) is 17.5. The molecule has 24 heavy (non-hydrogen) atoms. The van der Waals surface area contributed by atoms with Gasteiger partial charge in [-0.25, -0.2) is 4.98 Å². The molecule has 126 valence electrons. The molecule has 1 fully saturated rings. The van der Waals surface area contributed by atoms with Crippen molar-refractivity contribution in [3.63, 3.8) is 0 Å². The molecule has 7 nitrogen and oxygen atoms in total. The first kappa shape index (κ1) is 16.2. The Morgan fingerprint density at radius 3 is 2.96 bits per heavy atom. The van der Waals surface area contributed by atoms with E-state index < -0.39 is 0 Å². The van der Waals surface area contributed by atoms with Gasteiger partial charge >= 0.3 is 0 Å². The Hall–Kier alpha value is -2.67. The van der Waals surface area contributed by atoms with Crippen LogP contribution in [0.25, 0.3) is 0 Å². The summed E-state index contributed by atoms with van der Waals surface area (Å²) >= 11 is 0. The van der Waals surface area contributed by atoms with Gasteiger partial charge in [0.25, 0.3) is 0 Å². The monoisotopic (exact) mass is 327 g/mol. The molecule has 2 N–H and O–H groups in total. The number of aromatic nitrogens is 2. The number of benzene rings is 1. The fourth-order valence-electron chi connectivity index (χ4n) is 2.74. The van der Waals surface area contributed by atoms with Crippen LogP contribution >= 0.6 is 0 Å². The van der Waals surface area contributed by atoms with Crippen molar-refractivity contribution in [2.24, 2.45) is 0 Å². The van der Waals surface area contributed by atoms with E-state index in [1.54, 1.807) is 13.3 Å².